The van der Waals surface area contributed by atoms with Gasteiger partial charge in [-0.3, -0.25) is 4.90 Å². The number of hydrogen-bond acceptors (Lipinski definition) is 3. The van der Waals surface area contributed by atoms with Crippen molar-refractivity contribution in [1.29, 1.82) is 0 Å². The Labute approximate surface area is 149 Å². The van der Waals surface area contributed by atoms with Crippen molar-refractivity contribution in [2.24, 2.45) is 11.8 Å². The normalized spacial score (nSPS) is 22.7. The van der Waals surface area contributed by atoms with Gasteiger partial charge in [-0.2, -0.15) is 17.4 Å². The van der Waals surface area contributed by atoms with Gasteiger partial charge in [0.1, 0.15) is 5.82 Å². The van der Waals surface area contributed by atoms with Crippen LogP contribution in [0.1, 0.15) is 19.4 Å². The highest BCUT2D eigenvalue weighted by molar-refractivity contribution is 7.87. The summed E-state index contributed by atoms with van der Waals surface area (Å²) in [6, 6.07) is 4.55. The minimum atomic E-state index is -3.47. The fourth-order valence-corrected chi connectivity index (χ4v) is 4.08. The van der Waals surface area contributed by atoms with Gasteiger partial charge in [0.2, 0.25) is 0 Å². The van der Waals surface area contributed by atoms with Crippen molar-refractivity contribution in [3.63, 3.8) is 0 Å². The summed E-state index contributed by atoms with van der Waals surface area (Å²) in [6.45, 7) is 6.21. The van der Waals surface area contributed by atoms with E-state index in [2.05, 4.69) is 23.5 Å². The largest absolute Gasteiger partial charge is 0.297 e. The van der Waals surface area contributed by atoms with Gasteiger partial charge >= 0.3 is 0 Å². The van der Waals surface area contributed by atoms with Gasteiger partial charge < -0.3 is 0 Å². The van der Waals surface area contributed by atoms with Crippen LogP contribution in [0.5, 0.6) is 0 Å². The Morgan fingerprint density at radius 1 is 1.38 bits per heavy atom. The molecule has 136 valence electrons. The summed E-state index contributed by atoms with van der Waals surface area (Å²) in [4.78, 5) is 2.18. The molecule has 1 saturated heterocycles. The molecule has 24 heavy (non-hydrogen) atoms. The summed E-state index contributed by atoms with van der Waals surface area (Å²) >= 11 is 5.84. The number of hydrogen-bond donors (Lipinski definition) is 1. The van der Waals surface area contributed by atoms with Gasteiger partial charge in [0.25, 0.3) is 10.2 Å². The van der Waals surface area contributed by atoms with Crippen LogP contribution in [0.4, 0.5) is 4.39 Å². The zero-order valence-corrected chi connectivity index (χ0v) is 16.0. The van der Waals surface area contributed by atoms with Gasteiger partial charge in [-0.05, 0) is 29.5 Å². The van der Waals surface area contributed by atoms with E-state index in [0.29, 0.717) is 19.0 Å². The molecule has 0 saturated carbocycles. The molecule has 1 aromatic rings. The van der Waals surface area contributed by atoms with Crippen molar-refractivity contribution < 1.29 is 12.8 Å². The van der Waals surface area contributed by atoms with Crippen LogP contribution in [0.15, 0.2) is 18.2 Å². The lowest BCUT2D eigenvalue weighted by molar-refractivity contribution is 0.296. The molecule has 2 unspecified atom stereocenters. The third-order valence-electron chi connectivity index (χ3n) is 4.47. The summed E-state index contributed by atoms with van der Waals surface area (Å²) in [7, 11) is -0.443. The maximum atomic E-state index is 13.3. The molecule has 1 N–H and O–H groups in total. The van der Waals surface area contributed by atoms with Crippen molar-refractivity contribution in [3.05, 3.63) is 34.6 Å². The van der Waals surface area contributed by atoms with Gasteiger partial charge in [0.15, 0.2) is 0 Å². The first-order valence-corrected chi connectivity index (χ1v) is 9.78. The molecule has 0 aromatic heterocycles. The van der Waals surface area contributed by atoms with Crippen LogP contribution in [0.3, 0.4) is 0 Å². The second kappa shape index (κ2) is 7.66. The van der Waals surface area contributed by atoms with E-state index in [0.717, 1.165) is 12.1 Å². The maximum absolute atomic E-state index is 13.3. The second-order valence-corrected chi connectivity index (χ2v) is 9.19. The van der Waals surface area contributed by atoms with E-state index in [1.165, 1.54) is 24.5 Å². The zero-order chi connectivity index (χ0) is 18.1. The molecule has 2 rings (SSSR count). The van der Waals surface area contributed by atoms with Crippen LogP contribution in [-0.4, -0.2) is 50.8 Å². The SMILES string of the molecule is CC(C)C1CN(Cc2ccc(F)c(Cl)c2)CC1NS(=O)(=O)N(C)C. The quantitative estimate of drug-likeness (QED) is 0.827. The average Bonchev–Trinajstić information content (AvgIpc) is 2.85. The Kier molecular flexibility index (Phi) is 6.25. The predicted molar refractivity (Wildman–Crippen MR) is 94.5 cm³/mol. The first-order valence-electron chi connectivity index (χ1n) is 7.96. The number of halogens is 2. The molecular weight excluding hydrogens is 353 g/mol. The molecule has 0 amide bonds. The minimum Gasteiger partial charge on any atom is -0.297 e. The molecule has 1 aliphatic heterocycles. The molecule has 1 aromatic carbocycles. The Morgan fingerprint density at radius 2 is 2.04 bits per heavy atom. The molecule has 0 spiro atoms. The third kappa shape index (κ3) is 4.67. The van der Waals surface area contributed by atoms with Crippen LogP contribution in [0.25, 0.3) is 0 Å². The van der Waals surface area contributed by atoms with Gasteiger partial charge in [0, 0.05) is 39.8 Å². The second-order valence-electron chi connectivity index (χ2n) is 6.86. The van der Waals surface area contributed by atoms with Gasteiger partial charge in [-0.15, -0.1) is 0 Å². The van der Waals surface area contributed by atoms with E-state index in [4.69, 9.17) is 11.6 Å². The summed E-state index contributed by atoms with van der Waals surface area (Å²) < 4.78 is 41.5. The molecule has 1 heterocycles. The van der Waals surface area contributed by atoms with E-state index in [1.54, 1.807) is 12.1 Å². The molecule has 1 aliphatic rings. The zero-order valence-electron chi connectivity index (χ0n) is 14.5. The Hall–Kier alpha value is -0.730. The molecular formula is C16H25ClFN3O2S. The highest BCUT2D eigenvalue weighted by Gasteiger charge is 2.37. The van der Waals surface area contributed by atoms with Crippen molar-refractivity contribution >= 4 is 21.8 Å². The lowest BCUT2D eigenvalue weighted by Crippen LogP contribution is -2.46. The van der Waals surface area contributed by atoms with E-state index < -0.39 is 16.0 Å². The first-order chi connectivity index (χ1) is 11.1. The molecule has 8 heteroatoms. The summed E-state index contributed by atoms with van der Waals surface area (Å²) in [5.41, 5.74) is 0.917. The standard InChI is InChI=1S/C16H25ClFN3O2S/c1-11(2)13-9-21(8-12-5-6-15(18)14(17)7-12)10-16(13)19-24(22,23)20(3)4/h5-7,11,13,16,19H,8-10H2,1-4H3. The lowest BCUT2D eigenvalue weighted by Gasteiger charge is -2.24. The number of likely N-dealkylation sites (tertiary alicyclic amines) is 1. The van der Waals surface area contributed by atoms with Crippen LogP contribution in [-0.2, 0) is 16.8 Å². The molecule has 0 aliphatic carbocycles. The fraction of sp³-hybridized carbons (Fsp3) is 0.625. The third-order valence-corrected chi connectivity index (χ3v) is 6.32. The average molecular weight is 378 g/mol. The molecule has 0 bridgehead atoms. The Balaban J connectivity index is 2.10. The number of benzene rings is 1. The van der Waals surface area contributed by atoms with Crippen LogP contribution >= 0.6 is 11.6 Å². The highest BCUT2D eigenvalue weighted by atomic mass is 35.5. The summed E-state index contributed by atoms with van der Waals surface area (Å²) in [5, 5.41) is 0.108. The van der Waals surface area contributed by atoms with Crippen LogP contribution in [0.2, 0.25) is 5.02 Å². The monoisotopic (exact) mass is 377 g/mol. The molecule has 0 radical (unpaired) electrons. The number of nitrogens with one attached hydrogen (secondary N) is 1. The van der Waals surface area contributed by atoms with Gasteiger partial charge in [-0.1, -0.05) is 31.5 Å². The maximum Gasteiger partial charge on any atom is 0.279 e. The smallest absolute Gasteiger partial charge is 0.279 e. The first kappa shape index (κ1) is 19.6. The van der Waals surface area contributed by atoms with Crippen molar-refractivity contribution in [1.82, 2.24) is 13.9 Å². The predicted octanol–water partition coefficient (Wildman–Crippen LogP) is 2.33. The minimum absolute atomic E-state index is 0.108. The Bertz CT molecular complexity index is 682. The van der Waals surface area contributed by atoms with Crippen LogP contribution in [0, 0.1) is 17.7 Å². The van der Waals surface area contributed by atoms with E-state index >= 15 is 0 Å². The molecule has 1 fully saturated rings. The van der Waals surface area contributed by atoms with E-state index in [9.17, 15) is 12.8 Å². The number of rotatable bonds is 6. The topological polar surface area (TPSA) is 52.7 Å². The van der Waals surface area contributed by atoms with Crippen molar-refractivity contribution in [2.45, 2.75) is 26.4 Å². The molecule has 2 atom stereocenters. The van der Waals surface area contributed by atoms with E-state index in [1.807, 2.05) is 0 Å². The van der Waals surface area contributed by atoms with Gasteiger partial charge in [-0.25, -0.2) is 4.39 Å². The van der Waals surface area contributed by atoms with E-state index in [-0.39, 0.29) is 17.0 Å². The number of nitrogens with zero attached hydrogens (tertiary/aromatic N) is 2. The van der Waals surface area contributed by atoms with Crippen molar-refractivity contribution in [3.8, 4) is 0 Å². The molecule has 5 nitrogen and oxygen atoms in total. The Morgan fingerprint density at radius 3 is 2.58 bits per heavy atom. The van der Waals surface area contributed by atoms with Gasteiger partial charge in [0.05, 0.1) is 5.02 Å². The highest BCUT2D eigenvalue weighted by Crippen LogP contribution is 2.27. The summed E-state index contributed by atoms with van der Waals surface area (Å²) in [5.74, 6) is 0.135. The van der Waals surface area contributed by atoms with Crippen molar-refractivity contribution in [2.75, 3.05) is 27.2 Å². The van der Waals surface area contributed by atoms with Crippen LogP contribution < -0.4 is 4.72 Å². The lowest BCUT2D eigenvalue weighted by atomic mass is 9.92. The fourth-order valence-electron chi connectivity index (χ4n) is 3.04. The summed E-state index contributed by atoms with van der Waals surface area (Å²) in [6.07, 6.45) is 0.